The van der Waals surface area contributed by atoms with Gasteiger partial charge in [0.05, 0.1) is 11.5 Å². The zero-order chi connectivity index (χ0) is 18.5. The zero-order valence-electron chi connectivity index (χ0n) is 12.4. The second-order valence-corrected chi connectivity index (χ2v) is 7.73. The number of carboxylic acid groups (broad SMARTS) is 2. The van der Waals surface area contributed by atoms with Crippen LogP contribution in [0.3, 0.4) is 0 Å². The molecular weight excluding hydrogens is 352 g/mol. The lowest BCUT2D eigenvalue weighted by Gasteiger charge is -2.17. The zero-order valence-corrected chi connectivity index (χ0v) is 13.3. The highest BCUT2D eigenvalue weighted by atomic mass is 31.2. The summed E-state index contributed by atoms with van der Waals surface area (Å²) >= 11 is 0. The molecule has 2 atom stereocenters. The molecule has 0 amide bonds. The maximum atomic E-state index is 12.6. The topological polar surface area (TPSA) is 112 Å². The van der Waals surface area contributed by atoms with Crippen LogP contribution in [0.15, 0.2) is 24.3 Å². The van der Waals surface area contributed by atoms with Crippen molar-refractivity contribution in [1.82, 2.24) is 0 Å². The van der Waals surface area contributed by atoms with Crippen molar-refractivity contribution in [2.75, 3.05) is 6.16 Å². The van der Waals surface area contributed by atoms with Crippen LogP contribution in [0, 0.1) is 5.92 Å². The lowest BCUT2D eigenvalue weighted by atomic mass is 10.1. The first kappa shape index (κ1) is 20.2. The van der Waals surface area contributed by atoms with Crippen LogP contribution in [0.25, 0.3) is 0 Å². The molecule has 0 aliphatic carbocycles. The second-order valence-electron chi connectivity index (χ2n) is 5.35. The predicted octanol–water partition coefficient (Wildman–Crippen LogP) is 3.04. The van der Waals surface area contributed by atoms with Crippen molar-refractivity contribution in [2.24, 2.45) is 5.92 Å². The van der Waals surface area contributed by atoms with E-state index in [2.05, 4.69) is 0 Å². The fraction of sp³-hybridized carbons (Fsp3) is 0.429. The van der Waals surface area contributed by atoms with Gasteiger partial charge in [-0.3, -0.25) is 14.2 Å². The second kappa shape index (κ2) is 7.81. The van der Waals surface area contributed by atoms with Crippen molar-refractivity contribution < 1.29 is 42.4 Å². The molecule has 0 fully saturated rings. The summed E-state index contributed by atoms with van der Waals surface area (Å²) in [5, 5.41) is 17.5. The van der Waals surface area contributed by atoms with E-state index in [1.54, 1.807) is 0 Å². The minimum absolute atomic E-state index is 0.0435. The molecule has 0 spiro atoms. The standard InChI is InChI=1S/C14H16F3O6P/c15-14(16,17)11-3-1-2-9(6-11)7-24(22,23)8-10(13(20)21)4-5-12(18)19/h1-3,6,10H,4-5,7-8H2,(H,18,19)(H,20,21)(H,22,23). The maximum Gasteiger partial charge on any atom is 0.416 e. The van der Waals surface area contributed by atoms with E-state index in [0.29, 0.717) is 0 Å². The smallest absolute Gasteiger partial charge is 0.416 e. The highest BCUT2D eigenvalue weighted by Crippen LogP contribution is 2.47. The Morgan fingerprint density at radius 3 is 2.33 bits per heavy atom. The van der Waals surface area contributed by atoms with E-state index in [1.165, 1.54) is 6.07 Å². The van der Waals surface area contributed by atoms with Gasteiger partial charge in [0.15, 0.2) is 0 Å². The van der Waals surface area contributed by atoms with E-state index in [9.17, 15) is 32.2 Å². The van der Waals surface area contributed by atoms with Crippen molar-refractivity contribution in [3.8, 4) is 0 Å². The number of aliphatic carboxylic acids is 2. The van der Waals surface area contributed by atoms with Crippen LogP contribution in [0.5, 0.6) is 0 Å². The van der Waals surface area contributed by atoms with Gasteiger partial charge in [0, 0.05) is 18.7 Å². The van der Waals surface area contributed by atoms with Crippen LogP contribution < -0.4 is 0 Å². The van der Waals surface area contributed by atoms with E-state index in [-0.39, 0.29) is 12.0 Å². The maximum absolute atomic E-state index is 12.6. The molecule has 0 aromatic heterocycles. The quantitative estimate of drug-likeness (QED) is 0.608. The van der Waals surface area contributed by atoms with Gasteiger partial charge in [-0.05, 0) is 18.1 Å². The molecule has 0 heterocycles. The van der Waals surface area contributed by atoms with Crippen molar-refractivity contribution >= 4 is 19.3 Å². The van der Waals surface area contributed by atoms with Crippen molar-refractivity contribution in [2.45, 2.75) is 25.2 Å². The number of halogens is 3. The van der Waals surface area contributed by atoms with Gasteiger partial charge in [-0.25, -0.2) is 0 Å². The molecule has 0 aliphatic heterocycles. The Bertz CT molecular complexity index is 658. The first-order valence-corrected chi connectivity index (χ1v) is 8.85. The highest BCUT2D eigenvalue weighted by molar-refractivity contribution is 7.57. The minimum atomic E-state index is -4.60. The summed E-state index contributed by atoms with van der Waals surface area (Å²) in [6, 6.07) is 3.89. The van der Waals surface area contributed by atoms with Crippen LogP contribution in [0.2, 0.25) is 0 Å². The lowest BCUT2D eigenvalue weighted by molar-refractivity contribution is -0.142. The summed E-state index contributed by atoms with van der Waals surface area (Å²) < 4.78 is 50.1. The van der Waals surface area contributed by atoms with Crippen LogP contribution in [0.1, 0.15) is 24.0 Å². The Hall–Kier alpha value is -1.86. The van der Waals surface area contributed by atoms with Gasteiger partial charge in [-0.2, -0.15) is 13.2 Å². The van der Waals surface area contributed by atoms with Gasteiger partial charge in [0.2, 0.25) is 7.37 Å². The molecule has 0 bridgehead atoms. The molecule has 24 heavy (non-hydrogen) atoms. The molecular formula is C14H16F3O6P. The summed E-state index contributed by atoms with van der Waals surface area (Å²) in [5.41, 5.74) is -1.02. The Morgan fingerprint density at radius 1 is 1.21 bits per heavy atom. The summed E-state index contributed by atoms with van der Waals surface area (Å²) in [6.45, 7) is 0. The normalized spacial score (nSPS) is 15.5. The summed E-state index contributed by atoms with van der Waals surface area (Å²) in [7, 11) is -4.10. The molecule has 10 heteroatoms. The third kappa shape index (κ3) is 6.72. The predicted molar refractivity (Wildman–Crippen MR) is 77.8 cm³/mol. The first-order valence-electron chi connectivity index (χ1n) is 6.82. The molecule has 134 valence electrons. The fourth-order valence-corrected chi connectivity index (χ4v) is 4.05. The molecule has 6 nitrogen and oxygen atoms in total. The van der Waals surface area contributed by atoms with Crippen LogP contribution >= 0.6 is 7.37 Å². The average Bonchev–Trinajstić information content (AvgIpc) is 2.41. The van der Waals surface area contributed by atoms with Crippen molar-refractivity contribution in [3.63, 3.8) is 0 Å². The molecule has 0 saturated heterocycles. The summed E-state index contributed by atoms with van der Waals surface area (Å²) in [4.78, 5) is 31.4. The fourth-order valence-electron chi connectivity index (χ4n) is 2.13. The number of hydrogen-bond acceptors (Lipinski definition) is 3. The highest BCUT2D eigenvalue weighted by Gasteiger charge is 2.32. The third-order valence-electron chi connectivity index (χ3n) is 3.25. The van der Waals surface area contributed by atoms with Gasteiger partial charge in [0.25, 0.3) is 0 Å². The van der Waals surface area contributed by atoms with Gasteiger partial charge < -0.3 is 15.1 Å². The first-order chi connectivity index (χ1) is 10.9. The van der Waals surface area contributed by atoms with Crippen LogP contribution in [0.4, 0.5) is 13.2 Å². The molecule has 0 radical (unpaired) electrons. The third-order valence-corrected chi connectivity index (χ3v) is 5.12. The van der Waals surface area contributed by atoms with Crippen LogP contribution in [-0.2, 0) is 26.5 Å². The van der Waals surface area contributed by atoms with E-state index in [1.807, 2.05) is 0 Å². The Labute approximate surface area is 135 Å². The Balaban J connectivity index is 2.86. The Morgan fingerprint density at radius 2 is 1.83 bits per heavy atom. The molecule has 1 aromatic rings. The van der Waals surface area contributed by atoms with Gasteiger partial charge in [-0.15, -0.1) is 0 Å². The number of rotatable bonds is 8. The van der Waals surface area contributed by atoms with Crippen LogP contribution in [-0.4, -0.2) is 33.2 Å². The van der Waals surface area contributed by atoms with E-state index in [0.717, 1.165) is 18.2 Å². The average molecular weight is 368 g/mol. The number of hydrogen-bond donors (Lipinski definition) is 3. The molecule has 3 N–H and O–H groups in total. The number of alkyl halides is 3. The van der Waals surface area contributed by atoms with Gasteiger partial charge in [-0.1, -0.05) is 18.2 Å². The molecule has 1 aromatic carbocycles. The Kier molecular flexibility index (Phi) is 6.57. The number of carboxylic acids is 2. The van der Waals surface area contributed by atoms with E-state index >= 15 is 0 Å². The molecule has 0 saturated carbocycles. The number of carbonyl (C=O) groups is 2. The molecule has 1 rings (SSSR count). The van der Waals surface area contributed by atoms with Crippen molar-refractivity contribution in [1.29, 1.82) is 0 Å². The largest absolute Gasteiger partial charge is 0.481 e. The van der Waals surface area contributed by atoms with Gasteiger partial charge in [0.1, 0.15) is 0 Å². The molecule has 2 unspecified atom stereocenters. The molecule has 0 aliphatic rings. The van der Waals surface area contributed by atoms with E-state index < -0.39 is 55.7 Å². The minimum Gasteiger partial charge on any atom is -0.481 e. The monoisotopic (exact) mass is 368 g/mol. The van der Waals surface area contributed by atoms with Gasteiger partial charge >= 0.3 is 18.1 Å². The summed E-state index contributed by atoms with van der Waals surface area (Å²) in [5.74, 6) is -4.02. The summed E-state index contributed by atoms with van der Waals surface area (Å²) in [6.07, 6.45) is -6.74. The SMILES string of the molecule is O=C(O)CCC(CP(=O)(O)Cc1cccc(C(F)(F)F)c1)C(=O)O. The van der Waals surface area contributed by atoms with Crippen molar-refractivity contribution in [3.05, 3.63) is 35.4 Å². The lowest BCUT2D eigenvalue weighted by Crippen LogP contribution is -2.20. The van der Waals surface area contributed by atoms with E-state index in [4.69, 9.17) is 10.2 Å². The number of benzene rings is 1.